The fourth-order valence-electron chi connectivity index (χ4n) is 4.64. The van der Waals surface area contributed by atoms with Crippen LogP contribution in [-0.4, -0.2) is 19.9 Å². The number of hydrogen-bond donors (Lipinski definition) is 0. The lowest BCUT2D eigenvalue weighted by Gasteiger charge is -2.40. The highest BCUT2D eigenvalue weighted by atomic mass is 28.4. The van der Waals surface area contributed by atoms with Gasteiger partial charge in [0.2, 0.25) is 8.32 Å². The van der Waals surface area contributed by atoms with Gasteiger partial charge in [-0.05, 0) is 48.9 Å². The minimum absolute atomic E-state index is 0.0764. The smallest absolute Gasteiger partial charge is 0.249 e. The van der Waals surface area contributed by atoms with Crippen LogP contribution in [0.15, 0.2) is 47.7 Å². The van der Waals surface area contributed by atoms with E-state index in [0.29, 0.717) is 11.1 Å². The Morgan fingerprint density at radius 2 is 1.71 bits per heavy atom. The third-order valence-corrected chi connectivity index (χ3v) is 11.6. The summed E-state index contributed by atoms with van der Waals surface area (Å²) in [5, 5.41) is 0.0835. The van der Waals surface area contributed by atoms with Crippen molar-refractivity contribution in [2.75, 3.05) is 0 Å². The van der Waals surface area contributed by atoms with Crippen molar-refractivity contribution < 1.29 is 14.0 Å². The van der Waals surface area contributed by atoms with Gasteiger partial charge in [0.25, 0.3) is 0 Å². The molecule has 0 saturated heterocycles. The van der Waals surface area contributed by atoms with E-state index in [4.69, 9.17) is 4.43 Å². The topological polar surface area (TPSA) is 43.4 Å². The van der Waals surface area contributed by atoms with Crippen LogP contribution in [0, 0.1) is 17.8 Å². The summed E-state index contributed by atoms with van der Waals surface area (Å²) in [6.07, 6.45) is 7.12. The number of hydrogen-bond acceptors (Lipinski definition) is 3. The van der Waals surface area contributed by atoms with E-state index in [2.05, 4.69) is 39.9 Å². The second-order valence-corrected chi connectivity index (χ2v) is 14.7. The number of carbonyl (C=O) groups is 2. The first-order valence-corrected chi connectivity index (χ1v) is 13.3. The maximum atomic E-state index is 13.5. The summed E-state index contributed by atoms with van der Waals surface area (Å²) in [7, 11) is -1.99. The normalized spacial score (nSPS) is 28.5. The van der Waals surface area contributed by atoms with Crippen LogP contribution in [0.4, 0.5) is 0 Å². The molecular formula is C24H30O3Si. The Labute approximate surface area is 169 Å². The van der Waals surface area contributed by atoms with Crippen LogP contribution < -0.4 is 0 Å². The van der Waals surface area contributed by atoms with Gasteiger partial charge in [-0.1, -0.05) is 56.7 Å². The number of ketones is 2. The highest BCUT2D eigenvalue weighted by molar-refractivity contribution is 6.74. The Morgan fingerprint density at radius 3 is 2.36 bits per heavy atom. The first kappa shape index (κ1) is 19.4. The molecule has 1 saturated carbocycles. The number of carbonyl (C=O) groups excluding carboxylic acids is 2. The van der Waals surface area contributed by atoms with Crippen LogP contribution in [0.5, 0.6) is 0 Å². The Kier molecular flexibility index (Phi) is 4.53. The minimum atomic E-state index is -1.99. The fraction of sp³-hybridized carbons (Fsp3) is 0.500. The summed E-state index contributed by atoms with van der Waals surface area (Å²) < 4.78 is 6.37. The first-order valence-electron chi connectivity index (χ1n) is 10.4. The molecule has 0 bridgehead atoms. The van der Waals surface area contributed by atoms with Crippen LogP contribution in [0.2, 0.25) is 18.1 Å². The standard InChI is InChI=1S/C24H30O3Si/c1-24(2,3)28(4,5)27-14-16-13-15-9-8-12-17(15)21-20(16)22(25)18-10-6-7-11-19(18)23(21)26/h6-7,10-11,13-14,17,20-21H,8-9,12H2,1-5H3/b16-14+/t17-,20+,21-/m1/s1. The van der Waals surface area contributed by atoms with Gasteiger partial charge in [-0.3, -0.25) is 9.59 Å². The molecule has 0 N–H and O–H groups in total. The molecule has 1 aromatic carbocycles. The molecule has 0 unspecified atom stereocenters. The third-order valence-electron chi connectivity index (χ3n) is 7.30. The van der Waals surface area contributed by atoms with Gasteiger partial charge in [0.15, 0.2) is 11.6 Å². The Bertz CT molecular complexity index is 901. The number of allylic oxidation sites excluding steroid dienone is 3. The van der Waals surface area contributed by atoms with E-state index in [9.17, 15) is 9.59 Å². The maximum Gasteiger partial charge on any atom is 0.249 e. The molecule has 0 aliphatic heterocycles. The molecule has 1 aromatic rings. The van der Waals surface area contributed by atoms with Crippen LogP contribution in [-0.2, 0) is 4.43 Å². The largest absolute Gasteiger partial charge is 0.549 e. The molecule has 3 aliphatic carbocycles. The van der Waals surface area contributed by atoms with Gasteiger partial charge >= 0.3 is 0 Å². The van der Waals surface area contributed by atoms with Crippen LogP contribution in [0.25, 0.3) is 0 Å². The molecule has 148 valence electrons. The van der Waals surface area contributed by atoms with Gasteiger partial charge in [-0.25, -0.2) is 0 Å². The molecule has 3 nitrogen and oxygen atoms in total. The quantitative estimate of drug-likeness (QED) is 0.460. The molecule has 0 amide bonds. The van der Waals surface area contributed by atoms with Crippen LogP contribution in [0.3, 0.4) is 0 Å². The number of benzene rings is 1. The van der Waals surface area contributed by atoms with E-state index >= 15 is 0 Å². The van der Waals surface area contributed by atoms with E-state index in [0.717, 1.165) is 24.8 Å². The van der Waals surface area contributed by atoms with E-state index in [1.54, 1.807) is 6.07 Å². The van der Waals surface area contributed by atoms with Gasteiger partial charge in [0.05, 0.1) is 12.2 Å². The van der Waals surface area contributed by atoms with Gasteiger partial charge < -0.3 is 4.43 Å². The average molecular weight is 395 g/mol. The zero-order chi connectivity index (χ0) is 20.3. The molecule has 0 heterocycles. The highest BCUT2D eigenvalue weighted by Crippen LogP contribution is 2.51. The van der Waals surface area contributed by atoms with Gasteiger partial charge in [0.1, 0.15) is 0 Å². The van der Waals surface area contributed by atoms with Crippen LogP contribution in [0.1, 0.15) is 60.7 Å². The number of rotatable bonds is 2. The molecule has 3 atom stereocenters. The summed E-state index contributed by atoms with van der Waals surface area (Å²) >= 11 is 0. The molecule has 4 rings (SSSR count). The second-order valence-electron chi connectivity index (χ2n) is 9.99. The fourth-order valence-corrected chi connectivity index (χ4v) is 5.42. The molecule has 3 aliphatic rings. The van der Waals surface area contributed by atoms with Crippen molar-refractivity contribution in [2.45, 2.75) is 58.2 Å². The summed E-state index contributed by atoms with van der Waals surface area (Å²) in [6, 6.07) is 7.32. The first-order chi connectivity index (χ1) is 13.1. The average Bonchev–Trinajstić information content (AvgIpc) is 3.10. The van der Waals surface area contributed by atoms with Crippen molar-refractivity contribution in [2.24, 2.45) is 17.8 Å². The molecule has 4 heteroatoms. The number of Topliss-reactive ketones (excluding diaryl/α,β-unsaturated/α-hetero) is 2. The predicted molar refractivity (Wildman–Crippen MR) is 114 cm³/mol. The van der Waals surface area contributed by atoms with E-state index < -0.39 is 14.2 Å². The van der Waals surface area contributed by atoms with Crippen molar-refractivity contribution in [3.63, 3.8) is 0 Å². The maximum absolute atomic E-state index is 13.5. The Balaban J connectivity index is 1.80. The summed E-state index contributed by atoms with van der Waals surface area (Å²) in [4.78, 5) is 26.9. The van der Waals surface area contributed by atoms with Crippen molar-refractivity contribution in [1.29, 1.82) is 0 Å². The Morgan fingerprint density at radius 1 is 1.07 bits per heavy atom. The summed E-state index contributed by atoms with van der Waals surface area (Å²) in [5.41, 5.74) is 3.40. The van der Waals surface area contributed by atoms with E-state index in [-0.39, 0.29) is 28.4 Å². The lowest BCUT2D eigenvalue weighted by molar-refractivity contribution is 0.0711. The molecule has 1 fully saturated rings. The summed E-state index contributed by atoms with van der Waals surface area (Å²) in [6.45, 7) is 11.0. The molecular weight excluding hydrogens is 364 g/mol. The minimum Gasteiger partial charge on any atom is -0.549 e. The van der Waals surface area contributed by atoms with Crippen molar-refractivity contribution in [1.82, 2.24) is 0 Å². The number of fused-ring (bicyclic) bond motifs is 4. The van der Waals surface area contributed by atoms with Crippen molar-refractivity contribution in [3.05, 3.63) is 58.9 Å². The zero-order valence-corrected chi connectivity index (χ0v) is 18.5. The predicted octanol–water partition coefficient (Wildman–Crippen LogP) is 5.94. The molecule has 28 heavy (non-hydrogen) atoms. The molecule has 0 radical (unpaired) electrons. The van der Waals surface area contributed by atoms with E-state index in [1.807, 2.05) is 24.5 Å². The van der Waals surface area contributed by atoms with Crippen LogP contribution >= 0.6 is 0 Å². The highest BCUT2D eigenvalue weighted by Gasteiger charge is 2.50. The molecule has 0 aromatic heterocycles. The van der Waals surface area contributed by atoms with Gasteiger partial charge in [0, 0.05) is 17.0 Å². The monoisotopic (exact) mass is 394 g/mol. The van der Waals surface area contributed by atoms with Crippen molar-refractivity contribution >= 4 is 19.9 Å². The van der Waals surface area contributed by atoms with E-state index in [1.165, 1.54) is 5.57 Å². The lowest BCUT2D eigenvalue weighted by Crippen LogP contribution is -2.44. The van der Waals surface area contributed by atoms with Crippen molar-refractivity contribution in [3.8, 4) is 0 Å². The summed E-state index contributed by atoms with van der Waals surface area (Å²) in [5.74, 6) is -0.249. The van der Waals surface area contributed by atoms with Gasteiger partial charge in [-0.15, -0.1) is 0 Å². The lowest BCUT2D eigenvalue weighted by atomic mass is 9.62. The Hall–Kier alpha value is -1.94. The van der Waals surface area contributed by atoms with Gasteiger partial charge in [-0.2, -0.15) is 0 Å². The zero-order valence-electron chi connectivity index (χ0n) is 17.5. The second kappa shape index (κ2) is 6.55. The molecule has 0 spiro atoms. The SMILES string of the molecule is CC(C)(C)[Si](C)(C)O/C=C1\C=C2CCC[C@H]2[C@H]2C(=O)c3ccccc3C(=O)[C@@H]12. The third kappa shape index (κ3) is 2.93.